The van der Waals surface area contributed by atoms with Crippen molar-refractivity contribution in [2.75, 3.05) is 7.11 Å². The molecule has 0 aliphatic heterocycles. The Morgan fingerprint density at radius 2 is 1.63 bits per heavy atom. The number of methoxy groups -OCH3 is 1. The maximum Gasteiger partial charge on any atom is 0.407 e. The van der Waals surface area contributed by atoms with Gasteiger partial charge in [-0.25, -0.2) is 17.9 Å². The van der Waals surface area contributed by atoms with Crippen LogP contribution in [-0.4, -0.2) is 50.5 Å². The molecule has 9 nitrogen and oxygen atoms in total. The smallest absolute Gasteiger partial charge is 0.407 e. The summed E-state index contributed by atoms with van der Waals surface area (Å²) in [5, 5.41) is 24.0. The van der Waals surface area contributed by atoms with E-state index in [4.69, 9.17) is 9.47 Å². The van der Waals surface area contributed by atoms with Gasteiger partial charge in [0, 0.05) is 6.42 Å². The second-order valence-electron chi connectivity index (χ2n) is 11.4. The van der Waals surface area contributed by atoms with Gasteiger partial charge in [0.15, 0.2) is 0 Å². The predicted octanol–water partition coefficient (Wildman–Crippen LogP) is 5.34. The zero-order valence-corrected chi connectivity index (χ0v) is 25.8. The number of carbonyl (C=O) groups is 1. The fourth-order valence-electron chi connectivity index (χ4n) is 4.90. The standard InChI is InChI=1S/C31H45N3O6S/c1-7-31(8-2,19-12-20-32)22-27(34-41(37,38)25-17-15-24(39-6)16-18-25)28(35)26(21-23-13-10-9-11-14-23)33-29(36)40-30(3,4)5/h9-11,13-18,26-28,34-35H,7-8,12,19,21-22H2,1-6H3,(H,33,36)/t26-,27?,28+/m0/s1. The highest BCUT2D eigenvalue weighted by Crippen LogP contribution is 2.38. The minimum atomic E-state index is -4.08. The van der Waals surface area contributed by atoms with Gasteiger partial charge in [-0.15, -0.1) is 0 Å². The van der Waals surface area contributed by atoms with Crippen molar-refractivity contribution in [1.82, 2.24) is 10.0 Å². The molecule has 0 spiro atoms. The largest absolute Gasteiger partial charge is 0.497 e. The summed E-state index contributed by atoms with van der Waals surface area (Å²) < 4.78 is 40.6. The normalized spacial score (nSPS) is 14.4. The number of amides is 1. The molecule has 0 heterocycles. The number of ether oxygens (including phenoxy) is 2. The maximum absolute atomic E-state index is 13.6. The van der Waals surface area contributed by atoms with Gasteiger partial charge < -0.3 is 19.9 Å². The van der Waals surface area contributed by atoms with Crippen LogP contribution in [0.1, 0.15) is 72.3 Å². The van der Waals surface area contributed by atoms with E-state index in [-0.39, 0.29) is 17.7 Å². The van der Waals surface area contributed by atoms with Gasteiger partial charge in [-0.3, -0.25) is 0 Å². The minimum Gasteiger partial charge on any atom is -0.497 e. The van der Waals surface area contributed by atoms with Crippen molar-refractivity contribution in [1.29, 1.82) is 5.26 Å². The van der Waals surface area contributed by atoms with Crippen molar-refractivity contribution in [3.63, 3.8) is 0 Å². The Bertz CT molecular complexity index is 1230. The third-order valence-electron chi connectivity index (χ3n) is 7.42. The third kappa shape index (κ3) is 10.7. The number of hydrogen-bond acceptors (Lipinski definition) is 7. The summed E-state index contributed by atoms with van der Waals surface area (Å²) in [5.41, 5.74) is -0.322. The van der Waals surface area contributed by atoms with E-state index in [0.29, 0.717) is 31.4 Å². The topological polar surface area (TPSA) is 138 Å². The van der Waals surface area contributed by atoms with Gasteiger partial charge in [0.1, 0.15) is 11.4 Å². The fourth-order valence-corrected chi connectivity index (χ4v) is 6.15. The number of rotatable bonds is 15. The van der Waals surface area contributed by atoms with Crippen molar-refractivity contribution in [3.8, 4) is 11.8 Å². The Kier molecular flexibility index (Phi) is 12.6. The van der Waals surface area contributed by atoms with Gasteiger partial charge in [-0.05, 0) is 75.3 Å². The van der Waals surface area contributed by atoms with Crippen molar-refractivity contribution in [2.24, 2.45) is 5.41 Å². The Hall–Kier alpha value is -3.13. The molecule has 0 aliphatic rings. The van der Waals surface area contributed by atoms with Gasteiger partial charge in [0.2, 0.25) is 10.0 Å². The lowest BCUT2D eigenvalue weighted by Gasteiger charge is -2.39. The number of nitrogens with zero attached hydrogens (tertiary/aromatic N) is 1. The quantitative estimate of drug-likeness (QED) is 0.256. The molecular formula is C31H45N3O6S. The molecule has 226 valence electrons. The van der Waals surface area contributed by atoms with Crippen LogP contribution in [-0.2, 0) is 21.2 Å². The summed E-state index contributed by atoms with van der Waals surface area (Å²) in [5.74, 6) is 0.512. The number of sulfonamides is 1. The second kappa shape index (κ2) is 15.2. The van der Waals surface area contributed by atoms with E-state index in [2.05, 4.69) is 16.1 Å². The fraction of sp³-hybridized carbons (Fsp3) is 0.548. The van der Waals surface area contributed by atoms with Crippen LogP contribution in [0.3, 0.4) is 0 Å². The first-order chi connectivity index (χ1) is 19.3. The van der Waals surface area contributed by atoms with Crippen molar-refractivity contribution >= 4 is 16.1 Å². The summed E-state index contributed by atoms with van der Waals surface area (Å²) in [7, 11) is -2.58. The lowest BCUT2D eigenvalue weighted by molar-refractivity contribution is 0.0327. The van der Waals surface area contributed by atoms with Crippen LogP contribution >= 0.6 is 0 Å². The number of nitriles is 1. The molecule has 3 atom stereocenters. The van der Waals surface area contributed by atoms with Crippen LogP contribution in [0, 0.1) is 16.7 Å². The van der Waals surface area contributed by atoms with E-state index in [9.17, 15) is 23.6 Å². The van der Waals surface area contributed by atoms with Crippen LogP contribution in [0.25, 0.3) is 0 Å². The number of benzene rings is 2. The molecule has 0 aliphatic carbocycles. The van der Waals surface area contributed by atoms with E-state index < -0.39 is 45.3 Å². The monoisotopic (exact) mass is 587 g/mol. The number of carbonyl (C=O) groups excluding carboxylic acids is 1. The maximum atomic E-state index is 13.6. The van der Waals surface area contributed by atoms with Crippen molar-refractivity contribution in [3.05, 3.63) is 60.2 Å². The van der Waals surface area contributed by atoms with Crippen LogP contribution in [0.5, 0.6) is 5.75 Å². The number of hydrogen-bond donors (Lipinski definition) is 3. The Morgan fingerprint density at radius 1 is 1.02 bits per heavy atom. The van der Waals surface area contributed by atoms with Gasteiger partial charge in [-0.2, -0.15) is 5.26 Å². The highest BCUT2D eigenvalue weighted by molar-refractivity contribution is 7.89. The molecule has 0 aromatic heterocycles. The molecule has 0 bridgehead atoms. The number of alkyl carbamates (subject to hydrolysis) is 1. The van der Waals surface area contributed by atoms with Gasteiger partial charge in [-0.1, -0.05) is 57.0 Å². The molecular weight excluding hydrogens is 542 g/mol. The molecule has 0 saturated heterocycles. The molecule has 2 aromatic carbocycles. The predicted molar refractivity (Wildman–Crippen MR) is 159 cm³/mol. The zero-order valence-electron chi connectivity index (χ0n) is 25.0. The Labute approximate surface area is 245 Å². The second-order valence-corrected chi connectivity index (χ2v) is 13.1. The lowest BCUT2D eigenvalue weighted by Crippen LogP contribution is -2.56. The summed E-state index contributed by atoms with van der Waals surface area (Å²) in [6, 6.07) is 15.7. The molecule has 1 amide bonds. The Balaban J connectivity index is 2.53. The van der Waals surface area contributed by atoms with E-state index in [1.54, 1.807) is 32.9 Å². The number of aliphatic hydroxyl groups excluding tert-OH is 1. The molecule has 0 radical (unpaired) electrons. The van der Waals surface area contributed by atoms with E-state index in [0.717, 1.165) is 5.56 Å². The molecule has 1 unspecified atom stereocenters. The van der Waals surface area contributed by atoms with Crippen LogP contribution in [0.15, 0.2) is 59.5 Å². The highest BCUT2D eigenvalue weighted by Gasteiger charge is 2.39. The summed E-state index contributed by atoms with van der Waals surface area (Å²) in [6.07, 6.45) is 0.687. The molecule has 2 aromatic rings. The third-order valence-corrected chi connectivity index (χ3v) is 8.93. The zero-order chi connectivity index (χ0) is 30.7. The van der Waals surface area contributed by atoms with Gasteiger partial charge in [0.25, 0.3) is 0 Å². The molecule has 2 rings (SSSR count). The molecule has 0 fully saturated rings. The van der Waals surface area contributed by atoms with Crippen LogP contribution in [0.2, 0.25) is 0 Å². The van der Waals surface area contributed by atoms with Crippen LogP contribution < -0.4 is 14.8 Å². The SMILES string of the molecule is CCC(CC)(CCC#N)CC(NS(=O)(=O)c1ccc(OC)cc1)[C@H](O)[C@H](Cc1ccccc1)NC(=O)OC(C)(C)C. The molecule has 0 saturated carbocycles. The average Bonchev–Trinajstić information content (AvgIpc) is 2.93. The van der Waals surface area contributed by atoms with E-state index >= 15 is 0 Å². The summed E-state index contributed by atoms with van der Waals surface area (Å²) >= 11 is 0. The molecule has 10 heteroatoms. The summed E-state index contributed by atoms with van der Waals surface area (Å²) in [6.45, 7) is 9.23. The average molecular weight is 588 g/mol. The number of nitrogens with one attached hydrogen (secondary N) is 2. The van der Waals surface area contributed by atoms with Crippen molar-refractivity contribution < 1.29 is 27.8 Å². The Morgan fingerprint density at radius 3 is 2.15 bits per heavy atom. The minimum absolute atomic E-state index is 0.0193. The van der Waals surface area contributed by atoms with Crippen LogP contribution in [0.4, 0.5) is 4.79 Å². The first-order valence-electron chi connectivity index (χ1n) is 14.0. The van der Waals surface area contributed by atoms with Gasteiger partial charge >= 0.3 is 6.09 Å². The molecule has 41 heavy (non-hydrogen) atoms. The first kappa shape index (κ1) is 34.1. The summed E-state index contributed by atoms with van der Waals surface area (Å²) in [4.78, 5) is 12.9. The highest BCUT2D eigenvalue weighted by atomic mass is 32.2. The molecule has 3 N–H and O–H groups in total. The van der Waals surface area contributed by atoms with Gasteiger partial charge in [0.05, 0.1) is 36.3 Å². The number of aliphatic hydroxyl groups is 1. The van der Waals surface area contributed by atoms with E-state index in [1.807, 2.05) is 44.2 Å². The first-order valence-corrected chi connectivity index (χ1v) is 15.5. The van der Waals surface area contributed by atoms with Crippen molar-refractivity contribution in [2.45, 2.75) is 102 Å². The lowest BCUT2D eigenvalue weighted by atomic mass is 9.72. The van der Waals surface area contributed by atoms with E-state index in [1.165, 1.54) is 19.2 Å².